The predicted molar refractivity (Wildman–Crippen MR) is 71.9 cm³/mol. The molecule has 1 unspecified atom stereocenters. The summed E-state index contributed by atoms with van der Waals surface area (Å²) in [7, 11) is 0. The average molecular weight is 255 g/mol. The van der Waals surface area contributed by atoms with Gasteiger partial charge in [0.05, 0.1) is 0 Å². The molecular weight excluding hydrogens is 232 g/mol. The van der Waals surface area contributed by atoms with E-state index in [1.54, 1.807) is 12.1 Å². The molecule has 3 heteroatoms. The van der Waals surface area contributed by atoms with Gasteiger partial charge in [0.1, 0.15) is 5.54 Å². The van der Waals surface area contributed by atoms with Gasteiger partial charge in [0.2, 0.25) is 0 Å². The molecule has 0 heterocycles. The van der Waals surface area contributed by atoms with Gasteiger partial charge in [0.25, 0.3) is 6.43 Å². The van der Waals surface area contributed by atoms with Gasteiger partial charge >= 0.3 is 0 Å². The first-order valence-electron chi connectivity index (χ1n) is 6.61. The first kappa shape index (κ1) is 15.1. The van der Waals surface area contributed by atoms with E-state index in [1.165, 1.54) is 0 Å². The number of hydrogen-bond acceptors (Lipinski definition) is 1. The summed E-state index contributed by atoms with van der Waals surface area (Å²) in [5, 5.41) is 3.08. The zero-order valence-corrected chi connectivity index (χ0v) is 11.4. The summed E-state index contributed by atoms with van der Waals surface area (Å²) in [6.45, 7) is 6.55. The van der Waals surface area contributed by atoms with Gasteiger partial charge in [-0.1, -0.05) is 51.1 Å². The van der Waals surface area contributed by atoms with E-state index >= 15 is 0 Å². The van der Waals surface area contributed by atoms with E-state index in [2.05, 4.69) is 5.32 Å². The molecule has 18 heavy (non-hydrogen) atoms. The van der Waals surface area contributed by atoms with Crippen molar-refractivity contribution in [2.24, 2.45) is 5.92 Å². The van der Waals surface area contributed by atoms with Crippen molar-refractivity contribution in [3.8, 4) is 0 Å². The van der Waals surface area contributed by atoms with Crippen LogP contribution in [0.4, 0.5) is 8.78 Å². The van der Waals surface area contributed by atoms with Crippen LogP contribution in [0, 0.1) is 5.92 Å². The van der Waals surface area contributed by atoms with Crippen LogP contribution in [0.1, 0.15) is 39.2 Å². The van der Waals surface area contributed by atoms with Crippen LogP contribution in [0.2, 0.25) is 0 Å². The number of nitrogens with one attached hydrogen (secondary N) is 1. The lowest BCUT2D eigenvalue weighted by molar-refractivity contribution is 0.0139. The third-order valence-electron chi connectivity index (χ3n) is 3.08. The molecule has 0 aromatic heterocycles. The molecule has 1 aromatic carbocycles. The molecule has 0 spiro atoms. The largest absolute Gasteiger partial charge is 0.303 e. The SMILES string of the molecule is CCCNC(CC(C)C)(c1ccccc1)C(F)F. The number of rotatable bonds is 7. The van der Waals surface area contributed by atoms with Crippen molar-refractivity contribution in [1.82, 2.24) is 5.32 Å². The Balaban J connectivity index is 3.11. The Hall–Kier alpha value is -0.960. The van der Waals surface area contributed by atoms with Gasteiger partial charge in [-0.3, -0.25) is 0 Å². The maximum atomic E-state index is 13.7. The maximum Gasteiger partial charge on any atom is 0.260 e. The summed E-state index contributed by atoms with van der Waals surface area (Å²) in [4.78, 5) is 0. The van der Waals surface area contributed by atoms with Crippen molar-refractivity contribution in [2.45, 2.75) is 45.6 Å². The molecule has 1 rings (SSSR count). The Labute approximate surface area is 109 Å². The Kier molecular flexibility index (Phi) is 5.73. The Morgan fingerprint density at radius 2 is 1.78 bits per heavy atom. The lowest BCUT2D eigenvalue weighted by Crippen LogP contribution is -2.49. The Morgan fingerprint density at radius 3 is 2.22 bits per heavy atom. The molecule has 102 valence electrons. The number of alkyl halides is 2. The molecule has 0 radical (unpaired) electrons. The fourth-order valence-corrected chi connectivity index (χ4v) is 2.31. The van der Waals surface area contributed by atoms with Crippen molar-refractivity contribution in [3.05, 3.63) is 35.9 Å². The van der Waals surface area contributed by atoms with E-state index in [9.17, 15) is 8.78 Å². The minimum Gasteiger partial charge on any atom is -0.303 e. The summed E-state index contributed by atoms with van der Waals surface area (Å²) in [5.41, 5.74) is -0.534. The van der Waals surface area contributed by atoms with Crippen LogP contribution in [0.25, 0.3) is 0 Å². The minimum atomic E-state index is -2.41. The highest BCUT2D eigenvalue weighted by Gasteiger charge is 2.41. The van der Waals surface area contributed by atoms with Crippen LogP contribution in [-0.2, 0) is 5.54 Å². The van der Waals surface area contributed by atoms with Crippen LogP contribution in [0.3, 0.4) is 0 Å². The molecular formula is C15H23F2N. The summed E-state index contributed by atoms with van der Waals surface area (Å²) in [5.74, 6) is 0.212. The molecule has 0 bridgehead atoms. The summed E-state index contributed by atoms with van der Waals surface area (Å²) >= 11 is 0. The molecule has 1 atom stereocenters. The molecule has 0 aliphatic carbocycles. The second-order valence-corrected chi connectivity index (χ2v) is 5.16. The van der Waals surface area contributed by atoms with Crippen molar-refractivity contribution in [2.75, 3.05) is 6.54 Å². The van der Waals surface area contributed by atoms with Gasteiger partial charge in [-0.05, 0) is 30.9 Å². The van der Waals surface area contributed by atoms with Crippen molar-refractivity contribution in [3.63, 3.8) is 0 Å². The molecule has 1 nitrogen and oxygen atoms in total. The van der Waals surface area contributed by atoms with Crippen molar-refractivity contribution >= 4 is 0 Å². The van der Waals surface area contributed by atoms with E-state index in [4.69, 9.17) is 0 Å². The third kappa shape index (κ3) is 3.52. The molecule has 0 aliphatic heterocycles. The van der Waals surface area contributed by atoms with Crippen molar-refractivity contribution in [1.29, 1.82) is 0 Å². The molecule has 0 saturated heterocycles. The van der Waals surface area contributed by atoms with E-state index in [1.807, 2.05) is 39.0 Å². The highest BCUT2D eigenvalue weighted by atomic mass is 19.3. The Morgan fingerprint density at radius 1 is 1.17 bits per heavy atom. The number of benzene rings is 1. The van der Waals surface area contributed by atoms with Gasteiger partial charge in [-0.15, -0.1) is 0 Å². The van der Waals surface area contributed by atoms with Crippen molar-refractivity contribution < 1.29 is 8.78 Å². The van der Waals surface area contributed by atoms with E-state index < -0.39 is 12.0 Å². The Bertz CT molecular complexity index is 338. The van der Waals surface area contributed by atoms with Crippen LogP contribution >= 0.6 is 0 Å². The fourth-order valence-electron chi connectivity index (χ4n) is 2.31. The standard InChI is InChI=1S/C15H23F2N/c1-4-10-18-15(14(16)17,11-12(2)3)13-8-6-5-7-9-13/h5-9,12,14,18H,4,10-11H2,1-3H3. The number of halogens is 2. The first-order valence-corrected chi connectivity index (χ1v) is 6.61. The lowest BCUT2D eigenvalue weighted by Gasteiger charge is -2.36. The average Bonchev–Trinajstić information content (AvgIpc) is 2.34. The van der Waals surface area contributed by atoms with Gasteiger partial charge in [-0.2, -0.15) is 0 Å². The zero-order valence-electron chi connectivity index (χ0n) is 11.4. The summed E-state index contributed by atoms with van der Waals surface area (Å²) < 4.78 is 27.3. The zero-order chi connectivity index (χ0) is 13.6. The smallest absolute Gasteiger partial charge is 0.260 e. The minimum absolute atomic E-state index is 0.212. The van der Waals surface area contributed by atoms with Crippen LogP contribution < -0.4 is 5.32 Å². The first-order chi connectivity index (χ1) is 8.53. The quantitative estimate of drug-likeness (QED) is 0.770. The highest BCUT2D eigenvalue weighted by Crippen LogP contribution is 2.34. The van der Waals surface area contributed by atoms with Gasteiger partial charge in [-0.25, -0.2) is 8.78 Å². The maximum absolute atomic E-state index is 13.7. The van der Waals surface area contributed by atoms with Gasteiger partial charge in [0.15, 0.2) is 0 Å². The second kappa shape index (κ2) is 6.83. The summed E-state index contributed by atoms with van der Waals surface area (Å²) in [6.07, 6.45) is -1.12. The monoisotopic (exact) mass is 255 g/mol. The molecule has 0 fully saturated rings. The van der Waals surface area contributed by atoms with E-state index in [-0.39, 0.29) is 5.92 Å². The molecule has 0 saturated carbocycles. The fraction of sp³-hybridized carbons (Fsp3) is 0.600. The van der Waals surface area contributed by atoms with Crippen LogP contribution in [0.5, 0.6) is 0 Å². The van der Waals surface area contributed by atoms with Crippen LogP contribution in [-0.4, -0.2) is 13.0 Å². The molecule has 1 N–H and O–H groups in total. The van der Waals surface area contributed by atoms with E-state index in [0.717, 1.165) is 6.42 Å². The third-order valence-corrected chi connectivity index (χ3v) is 3.08. The van der Waals surface area contributed by atoms with Gasteiger partial charge < -0.3 is 5.32 Å². The molecule has 1 aromatic rings. The topological polar surface area (TPSA) is 12.0 Å². The highest BCUT2D eigenvalue weighted by molar-refractivity contribution is 5.25. The lowest BCUT2D eigenvalue weighted by atomic mass is 9.82. The van der Waals surface area contributed by atoms with Crippen LogP contribution in [0.15, 0.2) is 30.3 Å². The number of hydrogen-bond donors (Lipinski definition) is 1. The van der Waals surface area contributed by atoms with Gasteiger partial charge in [0, 0.05) is 0 Å². The summed E-state index contributed by atoms with van der Waals surface area (Å²) in [6, 6.07) is 9.07. The normalized spacial score (nSPS) is 15.1. The molecule has 0 amide bonds. The second-order valence-electron chi connectivity index (χ2n) is 5.16. The predicted octanol–water partition coefficient (Wildman–Crippen LogP) is 4.19. The van der Waals surface area contributed by atoms with E-state index in [0.29, 0.717) is 18.5 Å². The molecule has 0 aliphatic rings.